The number of hydrogen-bond acceptors (Lipinski definition) is 2. The fourth-order valence-corrected chi connectivity index (χ4v) is 2.00. The van der Waals surface area contributed by atoms with Gasteiger partial charge in [-0.2, -0.15) is 0 Å². The Labute approximate surface area is 94.2 Å². The number of hydrogen-bond donors (Lipinski definition) is 0. The van der Waals surface area contributed by atoms with Gasteiger partial charge < -0.3 is 4.74 Å². The topological polar surface area (TPSA) is 26.3 Å². The number of rotatable bonds is 3. The minimum Gasteiger partial charge on any atom is -0.469 e. The van der Waals surface area contributed by atoms with Crippen LogP contribution in [0.25, 0.3) is 0 Å². The van der Waals surface area contributed by atoms with Crippen LogP contribution in [0.4, 0.5) is 0 Å². The summed E-state index contributed by atoms with van der Waals surface area (Å²) in [6.07, 6.45) is 2.29. The monoisotopic (exact) mass is 224 g/mol. The Morgan fingerprint density at radius 1 is 1.47 bits per heavy atom. The molecule has 15 heavy (non-hydrogen) atoms. The first kappa shape index (κ1) is 10.5. The Morgan fingerprint density at radius 2 is 2.13 bits per heavy atom. The Bertz CT molecular complexity index is 383. The van der Waals surface area contributed by atoms with E-state index in [2.05, 4.69) is 4.74 Å². The molecule has 0 aromatic heterocycles. The SMILES string of the molecule is COC(=O)Cc1ccccc1C1(Cl)CC1. The maximum absolute atomic E-state index is 11.2. The lowest BCUT2D eigenvalue weighted by Crippen LogP contribution is -2.09. The average molecular weight is 225 g/mol. The van der Waals surface area contributed by atoms with Gasteiger partial charge in [-0.3, -0.25) is 4.79 Å². The van der Waals surface area contributed by atoms with Crippen LogP contribution < -0.4 is 0 Å². The Kier molecular flexibility index (Phi) is 2.70. The summed E-state index contributed by atoms with van der Waals surface area (Å²) in [5, 5.41) is 0. The van der Waals surface area contributed by atoms with Gasteiger partial charge in [-0.25, -0.2) is 0 Å². The van der Waals surface area contributed by atoms with Crippen LogP contribution >= 0.6 is 11.6 Å². The number of alkyl halides is 1. The van der Waals surface area contributed by atoms with Crippen molar-refractivity contribution in [2.24, 2.45) is 0 Å². The van der Waals surface area contributed by atoms with Crippen LogP contribution in [0.5, 0.6) is 0 Å². The van der Waals surface area contributed by atoms with Crippen LogP contribution in [0.1, 0.15) is 24.0 Å². The highest BCUT2D eigenvalue weighted by Crippen LogP contribution is 2.53. The van der Waals surface area contributed by atoms with Crippen LogP contribution in [0.3, 0.4) is 0 Å². The summed E-state index contributed by atoms with van der Waals surface area (Å²) in [7, 11) is 1.40. The third kappa shape index (κ3) is 2.15. The first-order valence-corrected chi connectivity index (χ1v) is 5.38. The van der Waals surface area contributed by atoms with E-state index >= 15 is 0 Å². The molecule has 0 unspecified atom stereocenters. The minimum atomic E-state index is -0.219. The highest BCUT2D eigenvalue weighted by Gasteiger charge is 2.43. The first-order valence-electron chi connectivity index (χ1n) is 5.00. The van der Waals surface area contributed by atoms with E-state index in [1.165, 1.54) is 7.11 Å². The fraction of sp³-hybridized carbons (Fsp3) is 0.417. The summed E-state index contributed by atoms with van der Waals surface area (Å²) in [5.74, 6) is -0.219. The summed E-state index contributed by atoms with van der Waals surface area (Å²) >= 11 is 6.35. The summed E-state index contributed by atoms with van der Waals surface area (Å²) in [6, 6.07) is 7.82. The average Bonchev–Trinajstić information content (AvgIpc) is 2.98. The van der Waals surface area contributed by atoms with Gasteiger partial charge in [0, 0.05) is 0 Å². The summed E-state index contributed by atoms with van der Waals surface area (Å²) in [5.41, 5.74) is 2.06. The van der Waals surface area contributed by atoms with Crippen LogP contribution in [0.2, 0.25) is 0 Å². The largest absolute Gasteiger partial charge is 0.469 e. The van der Waals surface area contributed by atoms with Crippen molar-refractivity contribution in [3.05, 3.63) is 35.4 Å². The molecule has 2 nitrogen and oxygen atoms in total. The van der Waals surface area contributed by atoms with E-state index in [9.17, 15) is 4.79 Å². The van der Waals surface area contributed by atoms with E-state index in [1.807, 2.05) is 24.3 Å². The van der Waals surface area contributed by atoms with Crippen molar-refractivity contribution < 1.29 is 9.53 Å². The predicted octanol–water partition coefficient (Wildman–Crippen LogP) is 2.63. The van der Waals surface area contributed by atoms with Crippen LogP contribution in [0.15, 0.2) is 24.3 Å². The molecule has 0 saturated heterocycles. The maximum atomic E-state index is 11.2. The van der Waals surface area contributed by atoms with Crippen molar-refractivity contribution in [2.45, 2.75) is 24.1 Å². The van der Waals surface area contributed by atoms with Gasteiger partial charge in [0.1, 0.15) is 0 Å². The number of ether oxygens (including phenoxy) is 1. The number of benzene rings is 1. The molecule has 80 valence electrons. The zero-order valence-corrected chi connectivity index (χ0v) is 9.38. The molecule has 0 spiro atoms. The molecule has 0 heterocycles. The molecule has 0 radical (unpaired) electrons. The Balaban J connectivity index is 2.26. The van der Waals surface area contributed by atoms with E-state index < -0.39 is 0 Å². The normalized spacial score (nSPS) is 17.2. The van der Waals surface area contributed by atoms with E-state index in [0.717, 1.165) is 24.0 Å². The molecule has 1 aliphatic carbocycles. The molecule has 1 saturated carbocycles. The number of methoxy groups -OCH3 is 1. The molecule has 0 aliphatic heterocycles. The third-order valence-electron chi connectivity index (χ3n) is 2.75. The van der Waals surface area contributed by atoms with Crippen molar-refractivity contribution in [1.29, 1.82) is 0 Å². The number of esters is 1. The number of halogens is 1. The molecule has 1 aromatic carbocycles. The first-order chi connectivity index (χ1) is 7.15. The van der Waals surface area contributed by atoms with Crippen molar-refractivity contribution in [1.82, 2.24) is 0 Å². The standard InChI is InChI=1S/C12H13ClO2/c1-15-11(14)8-9-4-2-3-5-10(9)12(13)6-7-12/h2-5H,6-8H2,1H3. The second-order valence-corrected chi connectivity index (χ2v) is 4.60. The summed E-state index contributed by atoms with van der Waals surface area (Å²) < 4.78 is 4.66. The van der Waals surface area contributed by atoms with Crippen molar-refractivity contribution >= 4 is 17.6 Å². The molecule has 3 heteroatoms. The highest BCUT2D eigenvalue weighted by molar-refractivity contribution is 6.26. The molecule has 0 atom stereocenters. The zero-order chi connectivity index (χ0) is 10.9. The quantitative estimate of drug-likeness (QED) is 0.583. The van der Waals surface area contributed by atoms with Gasteiger partial charge in [0.25, 0.3) is 0 Å². The number of carbonyl (C=O) groups excluding carboxylic acids is 1. The van der Waals surface area contributed by atoms with Crippen LogP contribution in [-0.2, 0) is 20.8 Å². The molecular formula is C12H13ClO2. The van der Waals surface area contributed by atoms with Gasteiger partial charge in [0.15, 0.2) is 0 Å². The molecule has 1 fully saturated rings. The number of carbonyl (C=O) groups is 1. The van der Waals surface area contributed by atoms with Crippen molar-refractivity contribution in [2.75, 3.05) is 7.11 Å². The third-order valence-corrected chi connectivity index (χ3v) is 3.33. The Hall–Kier alpha value is -1.02. The van der Waals surface area contributed by atoms with Crippen molar-refractivity contribution in [3.63, 3.8) is 0 Å². The minimum absolute atomic E-state index is 0.218. The fourth-order valence-electron chi connectivity index (χ4n) is 1.72. The van der Waals surface area contributed by atoms with Gasteiger partial charge >= 0.3 is 5.97 Å². The van der Waals surface area contributed by atoms with Crippen LogP contribution in [-0.4, -0.2) is 13.1 Å². The van der Waals surface area contributed by atoms with Crippen LogP contribution in [0, 0.1) is 0 Å². The summed E-state index contributed by atoms with van der Waals surface area (Å²) in [6.45, 7) is 0. The molecule has 0 bridgehead atoms. The van der Waals surface area contributed by atoms with Gasteiger partial charge in [0.2, 0.25) is 0 Å². The van der Waals surface area contributed by atoms with E-state index in [1.54, 1.807) is 0 Å². The highest BCUT2D eigenvalue weighted by atomic mass is 35.5. The van der Waals surface area contributed by atoms with E-state index in [0.29, 0.717) is 6.42 Å². The van der Waals surface area contributed by atoms with Gasteiger partial charge in [-0.15, -0.1) is 11.6 Å². The Morgan fingerprint density at radius 3 is 2.73 bits per heavy atom. The lowest BCUT2D eigenvalue weighted by Gasteiger charge is -2.12. The lowest BCUT2D eigenvalue weighted by molar-refractivity contribution is -0.139. The molecule has 0 N–H and O–H groups in total. The van der Waals surface area contributed by atoms with E-state index in [-0.39, 0.29) is 10.8 Å². The molecule has 2 rings (SSSR count). The second-order valence-electron chi connectivity index (χ2n) is 3.88. The van der Waals surface area contributed by atoms with E-state index in [4.69, 9.17) is 11.6 Å². The van der Waals surface area contributed by atoms with Crippen molar-refractivity contribution in [3.8, 4) is 0 Å². The smallest absolute Gasteiger partial charge is 0.309 e. The van der Waals surface area contributed by atoms with Gasteiger partial charge in [-0.05, 0) is 24.0 Å². The molecule has 1 aromatic rings. The lowest BCUT2D eigenvalue weighted by atomic mass is 10.0. The summed E-state index contributed by atoms with van der Waals surface area (Å²) in [4.78, 5) is 11.0. The maximum Gasteiger partial charge on any atom is 0.309 e. The van der Waals surface area contributed by atoms with Gasteiger partial charge in [-0.1, -0.05) is 24.3 Å². The second kappa shape index (κ2) is 3.86. The van der Waals surface area contributed by atoms with Gasteiger partial charge in [0.05, 0.1) is 18.4 Å². The molecule has 1 aliphatic rings. The molecular weight excluding hydrogens is 212 g/mol. The molecule has 0 amide bonds. The zero-order valence-electron chi connectivity index (χ0n) is 8.63. The predicted molar refractivity (Wildman–Crippen MR) is 58.9 cm³/mol.